The topological polar surface area (TPSA) is 38.6 Å². The van der Waals surface area contributed by atoms with Crippen molar-refractivity contribution < 1.29 is 4.74 Å². The highest BCUT2D eigenvalue weighted by Gasteiger charge is 2.14. The van der Waals surface area contributed by atoms with Gasteiger partial charge in [0.2, 0.25) is 0 Å². The summed E-state index contributed by atoms with van der Waals surface area (Å²) >= 11 is 6.09. The average Bonchev–Trinajstić information content (AvgIpc) is 2.65. The molecule has 2 rings (SSSR count). The molecule has 2 aromatic rings. The lowest BCUT2D eigenvalue weighted by molar-refractivity contribution is 0.414. The van der Waals surface area contributed by atoms with Crippen molar-refractivity contribution in [2.75, 3.05) is 14.2 Å². The second kappa shape index (κ2) is 4.31. The summed E-state index contributed by atoms with van der Waals surface area (Å²) in [6, 6.07) is 3.91. The van der Waals surface area contributed by atoms with E-state index < -0.39 is 0 Å². The van der Waals surface area contributed by atoms with Crippen LogP contribution in [0.2, 0.25) is 5.15 Å². The highest BCUT2D eigenvalue weighted by molar-refractivity contribution is 6.32. The van der Waals surface area contributed by atoms with E-state index in [0.29, 0.717) is 5.15 Å². The average molecular weight is 240 g/mol. The van der Waals surface area contributed by atoms with Crippen molar-refractivity contribution in [3.8, 4) is 5.75 Å². The van der Waals surface area contributed by atoms with E-state index in [1.54, 1.807) is 7.11 Å². The van der Waals surface area contributed by atoms with Crippen LogP contribution in [0.1, 0.15) is 18.8 Å². The second-order valence-electron chi connectivity index (χ2n) is 3.59. The first-order valence-corrected chi connectivity index (χ1v) is 5.44. The Morgan fingerprint density at radius 2 is 2.31 bits per heavy atom. The zero-order valence-corrected chi connectivity index (χ0v) is 10.2. The standard InChI is InChI=1S/C11H14ClN3O/c1-7(13-2)11-14-10(12)9-6-8(16-3)4-5-15(9)11/h4-7,13H,1-3H3. The van der Waals surface area contributed by atoms with E-state index in [0.717, 1.165) is 17.1 Å². The second-order valence-corrected chi connectivity index (χ2v) is 3.95. The van der Waals surface area contributed by atoms with Crippen molar-refractivity contribution in [1.82, 2.24) is 14.7 Å². The Hall–Kier alpha value is -1.26. The van der Waals surface area contributed by atoms with Crippen LogP contribution in [0.3, 0.4) is 0 Å². The normalized spacial score (nSPS) is 13.0. The number of hydrogen-bond acceptors (Lipinski definition) is 3. The molecule has 0 aliphatic carbocycles. The van der Waals surface area contributed by atoms with Crippen molar-refractivity contribution in [2.24, 2.45) is 0 Å². The summed E-state index contributed by atoms with van der Waals surface area (Å²) in [6.07, 6.45) is 1.91. The number of ether oxygens (including phenoxy) is 1. The fraction of sp³-hybridized carbons (Fsp3) is 0.364. The first kappa shape index (κ1) is 11.2. The minimum absolute atomic E-state index is 0.147. The van der Waals surface area contributed by atoms with Gasteiger partial charge in [0.15, 0.2) is 5.15 Å². The van der Waals surface area contributed by atoms with Gasteiger partial charge in [-0.1, -0.05) is 11.6 Å². The summed E-state index contributed by atoms with van der Waals surface area (Å²) < 4.78 is 7.12. The van der Waals surface area contributed by atoms with Gasteiger partial charge in [0.1, 0.15) is 11.6 Å². The Morgan fingerprint density at radius 1 is 1.56 bits per heavy atom. The summed E-state index contributed by atoms with van der Waals surface area (Å²) in [4.78, 5) is 4.35. The summed E-state index contributed by atoms with van der Waals surface area (Å²) in [7, 11) is 3.52. The largest absolute Gasteiger partial charge is 0.497 e. The Kier molecular flexibility index (Phi) is 3.03. The summed E-state index contributed by atoms with van der Waals surface area (Å²) in [5.74, 6) is 1.67. The van der Waals surface area contributed by atoms with Crippen molar-refractivity contribution in [2.45, 2.75) is 13.0 Å². The Bertz CT molecular complexity index is 509. The van der Waals surface area contributed by atoms with Crippen LogP contribution in [0.5, 0.6) is 5.75 Å². The third kappa shape index (κ3) is 1.74. The quantitative estimate of drug-likeness (QED) is 0.893. The highest BCUT2D eigenvalue weighted by Crippen LogP contribution is 2.25. The van der Waals surface area contributed by atoms with Gasteiger partial charge in [0.25, 0.3) is 0 Å². The minimum Gasteiger partial charge on any atom is -0.497 e. The van der Waals surface area contributed by atoms with Gasteiger partial charge < -0.3 is 14.5 Å². The third-order valence-corrected chi connectivity index (χ3v) is 2.93. The molecule has 16 heavy (non-hydrogen) atoms. The van der Waals surface area contributed by atoms with E-state index in [1.165, 1.54) is 0 Å². The molecule has 0 radical (unpaired) electrons. The number of aromatic nitrogens is 2. The fourth-order valence-corrected chi connectivity index (χ4v) is 1.84. The molecule has 0 saturated carbocycles. The molecule has 0 amide bonds. The van der Waals surface area contributed by atoms with E-state index in [-0.39, 0.29) is 6.04 Å². The van der Waals surface area contributed by atoms with Crippen LogP contribution in [-0.2, 0) is 0 Å². The molecule has 1 atom stereocenters. The van der Waals surface area contributed by atoms with Crippen molar-refractivity contribution in [3.63, 3.8) is 0 Å². The van der Waals surface area contributed by atoms with Crippen LogP contribution >= 0.6 is 11.6 Å². The molecule has 0 aliphatic heterocycles. The van der Waals surface area contributed by atoms with E-state index in [9.17, 15) is 0 Å². The molecule has 2 heterocycles. The van der Waals surface area contributed by atoms with Crippen LogP contribution in [0.25, 0.3) is 5.52 Å². The summed E-state index contributed by atoms with van der Waals surface area (Å²) in [5.41, 5.74) is 0.859. The van der Waals surface area contributed by atoms with Gasteiger partial charge >= 0.3 is 0 Å². The summed E-state index contributed by atoms with van der Waals surface area (Å²) in [6.45, 7) is 2.04. The van der Waals surface area contributed by atoms with E-state index >= 15 is 0 Å². The molecule has 4 nitrogen and oxygen atoms in total. The number of fused-ring (bicyclic) bond motifs is 1. The molecule has 2 aromatic heterocycles. The lowest BCUT2D eigenvalue weighted by Gasteiger charge is -2.09. The molecular weight excluding hydrogens is 226 g/mol. The van der Waals surface area contributed by atoms with Crippen LogP contribution in [0.15, 0.2) is 18.3 Å². The molecule has 0 aromatic carbocycles. The number of nitrogens with zero attached hydrogens (tertiary/aromatic N) is 2. The van der Waals surface area contributed by atoms with Gasteiger partial charge in [-0.3, -0.25) is 0 Å². The van der Waals surface area contributed by atoms with Gasteiger partial charge in [-0.2, -0.15) is 0 Å². The molecule has 0 aliphatic rings. The molecule has 0 spiro atoms. The van der Waals surface area contributed by atoms with Crippen molar-refractivity contribution in [1.29, 1.82) is 0 Å². The van der Waals surface area contributed by atoms with E-state index in [4.69, 9.17) is 16.3 Å². The van der Waals surface area contributed by atoms with Crippen LogP contribution in [0, 0.1) is 0 Å². The van der Waals surface area contributed by atoms with E-state index in [1.807, 2.05) is 36.7 Å². The maximum Gasteiger partial charge on any atom is 0.155 e. The molecule has 86 valence electrons. The number of hydrogen-bond donors (Lipinski definition) is 1. The van der Waals surface area contributed by atoms with Gasteiger partial charge in [-0.15, -0.1) is 0 Å². The smallest absolute Gasteiger partial charge is 0.155 e. The molecule has 1 N–H and O–H groups in total. The third-order valence-electron chi connectivity index (χ3n) is 2.65. The van der Waals surface area contributed by atoms with Gasteiger partial charge in [-0.25, -0.2) is 4.98 Å². The zero-order chi connectivity index (χ0) is 11.7. The molecule has 0 saturated heterocycles. The number of methoxy groups -OCH3 is 1. The number of pyridine rings is 1. The predicted molar refractivity (Wildman–Crippen MR) is 64.2 cm³/mol. The van der Waals surface area contributed by atoms with Crippen molar-refractivity contribution >= 4 is 17.1 Å². The van der Waals surface area contributed by atoms with Gasteiger partial charge in [0.05, 0.1) is 18.7 Å². The zero-order valence-electron chi connectivity index (χ0n) is 9.49. The number of imidazole rings is 1. The molecule has 0 bridgehead atoms. The molecule has 1 unspecified atom stereocenters. The van der Waals surface area contributed by atoms with Crippen LogP contribution < -0.4 is 10.1 Å². The Balaban J connectivity index is 2.62. The van der Waals surface area contributed by atoms with Crippen LogP contribution in [-0.4, -0.2) is 23.5 Å². The predicted octanol–water partition coefficient (Wildman–Crippen LogP) is 2.28. The highest BCUT2D eigenvalue weighted by atomic mass is 35.5. The molecule has 5 heteroatoms. The van der Waals surface area contributed by atoms with E-state index in [2.05, 4.69) is 10.3 Å². The minimum atomic E-state index is 0.147. The lowest BCUT2D eigenvalue weighted by Crippen LogP contribution is -2.15. The van der Waals surface area contributed by atoms with Crippen LogP contribution in [0.4, 0.5) is 0 Å². The maximum absolute atomic E-state index is 6.09. The first-order valence-electron chi connectivity index (χ1n) is 5.06. The monoisotopic (exact) mass is 239 g/mol. The molecular formula is C11H14ClN3O. The number of rotatable bonds is 3. The van der Waals surface area contributed by atoms with Gasteiger partial charge in [-0.05, 0) is 20.0 Å². The lowest BCUT2D eigenvalue weighted by atomic mass is 10.3. The number of halogens is 1. The van der Waals surface area contributed by atoms with Gasteiger partial charge in [0, 0.05) is 12.3 Å². The Morgan fingerprint density at radius 3 is 2.94 bits per heavy atom. The summed E-state index contributed by atoms with van der Waals surface area (Å²) in [5, 5.41) is 3.64. The fourth-order valence-electron chi connectivity index (χ4n) is 1.61. The SMILES string of the molecule is CNC(C)c1nc(Cl)c2cc(OC)ccn12. The Labute approximate surface area is 99.2 Å². The molecule has 0 fully saturated rings. The first-order chi connectivity index (χ1) is 7.67. The maximum atomic E-state index is 6.09. The van der Waals surface area contributed by atoms with Crippen molar-refractivity contribution in [3.05, 3.63) is 29.3 Å². The number of nitrogens with one attached hydrogen (secondary N) is 1.